The summed E-state index contributed by atoms with van der Waals surface area (Å²) in [6.45, 7) is 9.02. The first-order chi connectivity index (χ1) is 14.1. The molecule has 2 aliphatic rings. The lowest BCUT2D eigenvalue weighted by Gasteiger charge is -2.36. The number of aromatic nitrogens is 2. The Morgan fingerprint density at radius 2 is 1.86 bits per heavy atom. The van der Waals surface area contributed by atoms with Crippen LogP contribution >= 0.6 is 0 Å². The number of rotatable bonds is 8. The number of hydrogen-bond donors (Lipinski definition) is 1. The Kier molecular flexibility index (Phi) is 6.50. The van der Waals surface area contributed by atoms with Gasteiger partial charge in [-0.05, 0) is 37.2 Å². The van der Waals surface area contributed by atoms with Gasteiger partial charge in [0.2, 0.25) is 0 Å². The smallest absolute Gasteiger partial charge is 0.119 e. The molecule has 2 aromatic rings. The van der Waals surface area contributed by atoms with Crippen LogP contribution in [-0.2, 0) is 13.1 Å². The topological polar surface area (TPSA) is 57.0 Å². The maximum Gasteiger partial charge on any atom is 0.119 e. The Morgan fingerprint density at radius 1 is 1.07 bits per heavy atom. The standard InChI is InChI=1S/C22H33N5O2/c1-24-11-13-25(14-12-24)18-22(28)7-10-26(19-22)17-20-3-5-21(6-4-20)29-16-15-27-9-2-8-23-27/h2-6,8-9,28H,7,10-19H2,1H3/t22-/m1/s1. The van der Waals surface area contributed by atoms with Gasteiger partial charge in [-0.2, -0.15) is 5.10 Å². The summed E-state index contributed by atoms with van der Waals surface area (Å²) < 4.78 is 7.67. The van der Waals surface area contributed by atoms with Crippen LogP contribution in [0.2, 0.25) is 0 Å². The van der Waals surface area contributed by atoms with Crippen LogP contribution in [0.15, 0.2) is 42.7 Å². The summed E-state index contributed by atoms with van der Waals surface area (Å²) in [4.78, 5) is 7.13. The fraction of sp³-hybridized carbons (Fsp3) is 0.591. The molecule has 7 heteroatoms. The largest absolute Gasteiger partial charge is 0.492 e. The third-order valence-electron chi connectivity index (χ3n) is 6.00. The Labute approximate surface area is 173 Å². The zero-order chi connectivity index (χ0) is 20.1. The third kappa shape index (κ3) is 5.79. The van der Waals surface area contributed by atoms with E-state index in [4.69, 9.17) is 4.74 Å². The first-order valence-corrected chi connectivity index (χ1v) is 10.6. The van der Waals surface area contributed by atoms with Crippen molar-refractivity contribution in [2.45, 2.75) is 25.1 Å². The van der Waals surface area contributed by atoms with Crippen LogP contribution in [0.1, 0.15) is 12.0 Å². The van der Waals surface area contributed by atoms with Gasteiger partial charge >= 0.3 is 0 Å². The number of likely N-dealkylation sites (tertiary alicyclic amines) is 1. The van der Waals surface area contributed by atoms with E-state index in [1.165, 1.54) is 5.56 Å². The van der Waals surface area contributed by atoms with Gasteiger partial charge in [0.25, 0.3) is 0 Å². The van der Waals surface area contributed by atoms with Gasteiger partial charge in [-0.25, -0.2) is 0 Å². The normalized spacial score (nSPS) is 24.2. The van der Waals surface area contributed by atoms with Crippen molar-refractivity contribution in [3.63, 3.8) is 0 Å². The molecule has 4 rings (SSSR count). The molecule has 0 amide bonds. The number of nitrogens with zero attached hydrogens (tertiary/aromatic N) is 5. The van der Waals surface area contributed by atoms with Gasteiger partial charge in [-0.15, -0.1) is 0 Å². The van der Waals surface area contributed by atoms with Crippen molar-refractivity contribution in [3.05, 3.63) is 48.3 Å². The quantitative estimate of drug-likeness (QED) is 0.719. The Bertz CT molecular complexity index is 743. The molecule has 0 unspecified atom stereocenters. The van der Waals surface area contributed by atoms with Crippen LogP contribution in [0.25, 0.3) is 0 Å². The monoisotopic (exact) mass is 399 g/mol. The lowest BCUT2D eigenvalue weighted by molar-refractivity contribution is -0.000370. The predicted octanol–water partition coefficient (Wildman–Crippen LogP) is 1.15. The molecule has 2 fully saturated rings. The fourth-order valence-corrected chi connectivity index (χ4v) is 4.27. The number of ether oxygens (including phenoxy) is 1. The molecule has 0 bridgehead atoms. The van der Waals surface area contributed by atoms with E-state index in [9.17, 15) is 5.11 Å². The van der Waals surface area contributed by atoms with Crippen molar-refractivity contribution in [1.29, 1.82) is 0 Å². The van der Waals surface area contributed by atoms with E-state index in [0.717, 1.165) is 71.1 Å². The summed E-state index contributed by atoms with van der Waals surface area (Å²) in [5.41, 5.74) is 0.680. The van der Waals surface area contributed by atoms with Crippen LogP contribution in [0.3, 0.4) is 0 Å². The molecule has 1 aromatic carbocycles. The molecule has 29 heavy (non-hydrogen) atoms. The van der Waals surface area contributed by atoms with Crippen LogP contribution in [0.4, 0.5) is 0 Å². The molecule has 0 aliphatic carbocycles. The van der Waals surface area contributed by atoms with Gasteiger partial charge in [-0.3, -0.25) is 14.5 Å². The van der Waals surface area contributed by atoms with Gasteiger partial charge in [0.15, 0.2) is 0 Å². The third-order valence-corrected chi connectivity index (χ3v) is 6.00. The van der Waals surface area contributed by atoms with Crippen molar-refractivity contribution < 1.29 is 9.84 Å². The number of likely N-dealkylation sites (N-methyl/N-ethyl adjacent to an activating group) is 1. The minimum absolute atomic E-state index is 0.578. The minimum Gasteiger partial charge on any atom is -0.492 e. The number of benzene rings is 1. The molecule has 0 spiro atoms. The molecule has 1 aromatic heterocycles. The molecule has 2 saturated heterocycles. The van der Waals surface area contributed by atoms with Crippen molar-refractivity contribution in [1.82, 2.24) is 24.5 Å². The molecule has 158 valence electrons. The highest BCUT2D eigenvalue weighted by atomic mass is 16.5. The second-order valence-electron chi connectivity index (χ2n) is 8.53. The van der Waals surface area contributed by atoms with Crippen molar-refractivity contribution in [2.75, 3.05) is 59.5 Å². The zero-order valence-corrected chi connectivity index (χ0v) is 17.4. The van der Waals surface area contributed by atoms with Gasteiger partial charge in [0.1, 0.15) is 12.4 Å². The van der Waals surface area contributed by atoms with Crippen LogP contribution < -0.4 is 4.74 Å². The minimum atomic E-state index is -0.578. The first kappa shape index (κ1) is 20.3. The van der Waals surface area contributed by atoms with Crippen molar-refractivity contribution in [3.8, 4) is 5.75 Å². The lowest BCUT2D eigenvalue weighted by atomic mass is 10.0. The second kappa shape index (κ2) is 9.26. The number of piperazine rings is 1. The van der Waals surface area contributed by atoms with Gasteiger partial charge in [-0.1, -0.05) is 12.1 Å². The van der Waals surface area contributed by atoms with E-state index in [0.29, 0.717) is 6.61 Å². The summed E-state index contributed by atoms with van der Waals surface area (Å²) in [6, 6.07) is 10.2. The van der Waals surface area contributed by atoms with Crippen LogP contribution in [0, 0.1) is 0 Å². The van der Waals surface area contributed by atoms with E-state index in [1.807, 2.05) is 29.1 Å². The Hall–Kier alpha value is -1.93. The van der Waals surface area contributed by atoms with Crippen molar-refractivity contribution >= 4 is 0 Å². The Balaban J connectivity index is 1.21. The summed E-state index contributed by atoms with van der Waals surface area (Å²) >= 11 is 0. The maximum absolute atomic E-state index is 11.1. The number of β-amino-alcohol motifs (C(OH)–C–C–N with tert-alkyl or cyclic N) is 1. The van der Waals surface area contributed by atoms with Crippen LogP contribution in [-0.4, -0.2) is 94.7 Å². The molecule has 7 nitrogen and oxygen atoms in total. The van der Waals surface area contributed by atoms with E-state index < -0.39 is 5.60 Å². The average Bonchev–Trinajstić information content (AvgIpc) is 3.35. The van der Waals surface area contributed by atoms with E-state index in [-0.39, 0.29) is 0 Å². The van der Waals surface area contributed by atoms with E-state index >= 15 is 0 Å². The molecule has 2 aliphatic heterocycles. The van der Waals surface area contributed by atoms with Gasteiger partial charge in [0.05, 0.1) is 12.1 Å². The van der Waals surface area contributed by atoms with Gasteiger partial charge < -0.3 is 14.7 Å². The molecule has 1 N–H and O–H groups in total. The molecule has 0 saturated carbocycles. The van der Waals surface area contributed by atoms with E-state index in [2.05, 4.69) is 39.0 Å². The summed E-state index contributed by atoms with van der Waals surface area (Å²) in [6.07, 6.45) is 4.57. The molecule has 3 heterocycles. The Morgan fingerprint density at radius 3 is 2.59 bits per heavy atom. The first-order valence-electron chi connectivity index (χ1n) is 10.6. The van der Waals surface area contributed by atoms with Crippen molar-refractivity contribution in [2.24, 2.45) is 0 Å². The summed E-state index contributed by atoms with van der Waals surface area (Å²) in [5, 5.41) is 15.2. The number of hydrogen-bond acceptors (Lipinski definition) is 6. The van der Waals surface area contributed by atoms with Gasteiger partial charge in [0, 0.05) is 64.8 Å². The summed E-state index contributed by atoms with van der Waals surface area (Å²) in [5.74, 6) is 0.883. The molecule has 1 atom stereocenters. The lowest BCUT2D eigenvalue weighted by Crippen LogP contribution is -2.51. The van der Waals surface area contributed by atoms with E-state index in [1.54, 1.807) is 6.20 Å². The summed E-state index contributed by atoms with van der Waals surface area (Å²) in [7, 11) is 2.17. The predicted molar refractivity (Wildman–Crippen MR) is 113 cm³/mol. The highest BCUT2D eigenvalue weighted by Crippen LogP contribution is 2.25. The number of aliphatic hydroxyl groups is 1. The second-order valence-corrected chi connectivity index (χ2v) is 8.53. The fourth-order valence-electron chi connectivity index (χ4n) is 4.27. The highest BCUT2D eigenvalue weighted by Gasteiger charge is 2.37. The average molecular weight is 400 g/mol. The van der Waals surface area contributed by atoms with Crippen LogP contribution in [0.5, 0.6) is 5.75 Å². The maximum atomic E-state index is 11.1. The SMILES string of the molecule is CN1CCN(C[C@]2(O)CCN(Cc3ccc(OCCn4cccn4)cc3)C2)CC1. The molecular weight excluding hydrogens is 366 g/mol. The molecule has 0 radical (unpaired) electrons. The molecular formula is C22H33N5O2. The zero-order valence-electron chi connectivity index (χ0n) is 17.4. The highest BCUT2D eigenvalue weighted by molar-refractivity contribution is 5.27.